The molecule has 0 bridgehead atoms. The number of benzene rings is 6. The standard InChI is InChI=1S/C73H88N12O6/c1-43-16-31-61-58(37-43)55(46(4)77-61)40-67(86)83-64(13-7-10-34-74)71(89)80-52-25-19-49(20-26-52)70(50-21-27-53(28-22-50)81-72(90)65(14-8-11-35-75)84-68(87)41-56-47(5)78-62-32-17-44(2)38-59(56)62)51-23-29-54(30-24-51)82-73(91)66(15-9-12-36-76)85-69(88)42-57-48(6)79-63-33-18-45(3)39-60(57)63/h16-33,37-39,64-66,70,77-79H,7-15,34-36,40-42,74-76H2,1-6H3,(H,80,89)(H,81,90)(H,82,91)(H,83,86)(H,84,87)(H,85,88)/t64-,65-,66-/m0/s1. The zero-order valence-electron chi connectivity index (χ0n) is 53.2. The van der Waals surface area contributed by atoms with Crippen molar-refractivity contribution in [2.24, 2.45) is 17.2 Å². The number of amides is 6. The van der Waals surface area contributed by atoms with Crippen LogP contribution in [0.2, 0.25) is 0 Å². The van der Waals surface area contributed by atoms with Gasteiger partial charge in [-0.1, -0.05) is 71.3 Å². The molecule has 0 fully saturated rings. The topological polar surface area (TPSA) is 300 Å². The molecule has 476 valence electrons. The predicted molar refractivity (Wildman–Crippen MR) is 365 cm³/mol. The average molecular weight is 1230 g/mol. The first kappa shape index (κ1) is 66.1. The molecule has 9 aromatic rings. The highest BCUT2D eigenvalue weighted by Gasteiger charge is 2.27. The summed E-state index contributed by atoms with van der Waals surface area (Å²) in [5.74, 6) is -2.23. The van der Waals surface area contributed by atoms with Gasteiger partial charge in [-0.25, -0.2) is 0 Å². The minimum absolute atomic E-state index is 0.105. The number of nitrogens with one attached hydrogen (secondary N) is 9. The summed E-state index contributed by atoms with van der Waals surface area (Å²) in [6, 6.07) is 38.5. The van der Waals surface area contributed by atoms with E-state index in [0.717, 1.165) is 99.9 Å². The van der Waals surface area contributed by atoms with E-state index in [0.29, 0.717) is 94.5 Å². The smallest absolute Gasteiger partial charge is 0.246 e. The second kappa shape index (κ2) is 30.9. The van der Waals surface area contributed by atoms with Gasteiger partial charge in [-0.3, -0.25) is 28.8 Å². The highest BCUT2D eigenvalue weighted by Crippen LogP contribution is 2.35. The van der Waals surface area contributed by atoms with Crippen molar-refractivity contribution in [1.29, 1.82) is 0 Å². The minimum Gasteiger partial charge on any atom is -0.358 e. The van der Waals surface area contributed by atoms with Crippen molar-refractivity contribution in [3.05, 3.63) is 195 Å². The molecule has 0 aliphatic rings. The number of rotatable bonds is 30. The molecule has 91 heavy (non-hydrogen) atoms. The number of aryl methyl sites for hydroxylation is 6. The highest BCUT2D eigenvalue weighted by molar-refractivity contribution is 6.01. The molecule has 18 nitrogen and oxygen atoms in total. The van der Waals surface area contributed by atoms with Crippen molar-refractivity contribution in [1.82, 2.24) is 30.9 Å². The first-order valence-corrected chi connectivity index (χ1v) is 31.8. The fourth-order valence-electron chi connectivity index (χ4n) is 12.2. The number of carbonyl (C=O) groups is 6. The van der Waals surface area contributed by atoms with E-state index in [1.807, 2.05) is 151 Å². The van der Waals surface area contributed by atoms with Crippen molar-refractivity contribution >= 4 is 85.2 Å². The fraction of sp³-hybridized carbons (Fsp3) is 0.342. The van der Waals surface area contributed by atoms with E-state index in [1.54, 1.807) is 0 Å². The number of anilines is 3. The van der Waals surface area contributed by atoms with Gasteiger partial charge in [0.2, 0.25) is 35.4 Å². The summed E-state index contributed by atoms with van der Waals surface area (Å²) in [5.41, 5.74) is 33.3. The Hall–Kier alpha value is -9.36. The summed E-state index contributed by atoms with van der Waals surface area (Å²) in [7, 11) is 0. The lowest BCUT2D eigenvalue weighted by molar-refractivity contribution is -0.126. The molecule has 0 saturated carbocycles. The van der Waals surface area contributed by atoms with Crippen molar-refractivity contribution in [3.8, 4) is 0 Å². The average Bonchev–Trinajstić information content (AvgIpc) is 1.83. The van der Waals surface area contributed by atoms with Crippen molar-refractivity contribution < 1.29 is 28.8 Å². The first-order valence-electron chi connectivity index (χ1n) is 31.8. The summed E-state index contributed by atoms with van der Waals surface area (Å²) in [6.45, 7) is 13.3. The van der Waals surface area contributed by atoms with Crippen molar-refractivity contribution in [3.63, 3.8) is 0 Å². The number of aromatic amines is 3. The molecule has 0 radical (unpaired) electrons. The number of hydrogen-bond acceptors (Lipinski definition) is 9. The highest BCUT2D eigenvalue weighted by atomic mass is 16.2. The Balaban J connectivity index is 0.941. The molecular formula is C73H88N12O6. The number of nitrogens with two attached hydrogens (primary N) is 3. The Labute approximate surface area is 532 Å². The van der Waals surface area contributed by atoms with Crippen LogP contribution in [0.5, 0.6) is 0 Å². The number of unbranched alkanes of at least 4 members (excludes halogenated alkanes) is 3. The molecule has 0 spiro atoms. The monoisotopic (exact) mass is 1230 g/mol. The number of fused-ring (bicyclic) bond motifs is 3. The minimum atomic E-state index is -0.815. The maximum absolute atomic E-state index is 14.1. The van der Waals surface area contributed by atoms with E-state index < -0.39 is 18.1 Å². The molecule has 3 aromatic heterocycles. The van der Waals surface area contributed by atoms with Gasteiger partial charge in [-0.15, -0.1) is 0 Å². The number of carbonyl (C=O) groups excluding carboxylic acids is 6. The molecular weight excluding hydrogens is 1140 g/mol. The third-order valence-corrected chi connectivity index (χ3v) is 17.2. The van der Waals surface area contributed by atoms with E-state index in [2.05, 4.69) is 65.1 Å². The summed E-state index contributed by atoms with van der Waals surface area (Å²) in [5, 5.41) is 21.2. The lowest BCUT2D eigenvalue weighted by Crippen LogP contribution is -2.44. The lowest BCUT2D eigenvalue weighted by Gasteiger charge is -2.22. The van der Waals surface area contributed by atoms with Crippen molar-refractivity contribution in [2.45, 2.75) is 143 Å². The largest absolute Gasteiger partial charge is 0.358 e. The second-order valence-electron chi connectivity index (χ2n) is 24.3. The van der Waals surface area contributed by atoms with Crippen LogP contribution in [-0.2, 0) is 48.0 Å². The van der Waals surface area contributed by atoms with Crippen LogP contribution in [0.1, 0.15) is 131 Å². The number of hydrogen-bond donors (Lipinski definition) is 12. The van der Waals surface area contributed by atoms with E-state index in [9.17, 15) is 28.8 Å². The predicted octanol–water partition coefficient (Wildman–Crippen LogP) is 10.5. The molecule has 0 saturated heterocycles. The fourth-order valence-corrected chi connectivity index (χ4v) is 12.2. The second-order valence-corrected chi connectivity index (χ2v) is 24.3. The van der Waals surface area contributed by atoms with E-state index in [4.69, 9.17) is 17.2 Å². The van der Waals surface area contributed by atoms with Gasteiger partial charge in [0, 0.05) is 72.8 Å². The lowest BCUT2D eigenvalue weighted by atomic mass is 9.85. The van der Waals surface area contributed by atoms with Gasteiger partial charge >= 0.3 is 0 Å². The molecule has 3 atom stereocenters. The third kappa shape index (κ3) is 17.1. The van der Waals surface area contributed by atoms with Gasteiger partial charge in [0.05, 0.1) is 19.3 Å². The van der Waals surface area contributed by atoms with E-state index >= 15 is 0 Å². The van der Waals surface area contributed by atoms with Crippen LogP contribution in [-0.4, -0.2) is 88.2 Å². The van der Waals surface area contributed by atoms with Crippen LogP contribution in [0.15, 0.2) is 127 Å². The van der Waals surface area contributed by atoms with Gasteiger partial charge < -0.3 is 64.1 Å². The summed E-state index contributed by atoms with van der Waals surface area (Å²) in [4.78, 5) is 93.8. The molecule has 18 heteroatoms. The van der Waals surface area contributed by atoms with Crippen LogP contribution < -0.4 is 49.1 Å². The van der Waals surface area contributed by atoms with Crippen molar-refractivity contribution in [2.75, 3.05) is 35.6 Å². The van der Waals surface area contributed by atoms with Gasteiger partial charge in [-0.05, 0) is 225 Å². The zero-order chi connectivity index (χ0) is 64.7. The maximum atomic E-state index is 14.1. The Kier molecular flexibility index (Phi) is 22.4. The van der Waals surface area contributed by atoms with Gasteiger partial charge in [0.15, 0.2) is 0 Å². The third-order valence-electron chi connectivity index (χ3n) is 17.2. The van der Waals surface area contributed by atoms with Gasteiger partial charge in [-0.2, -0.15) is 0 Å². The normalized spacial score (nSPS) is 12.5. The maximum Gasteiger partial charge on any atom is 0.246 e. The van der Waals surface area contributed by atoms with Crippen LogP contribution in [0.25, 0.3) is 32.7 Å². The van der Waals surface area contributed by atoms with Crippen LogP contribution in [0.3, 0.4) is 0 Å². The molecule has 9 rings (SSSR count). The van der Waals surface area contributed by atoms with E-state index in [1.165, 1.54) is 0 Å². The molecule has 0 aliphatic heterocycles. The Morgan fingerprint density at radius 2 is 0.626 bits per heavy atom. The van der Waals surface area contributed by atoms with Crippen LogP contribution in [0.4, 0.5) is 17.1 Å². The SMILES string of the molecule is Cc1ccc2[nH]c(C)c(CC(=O)N[C@@H](CCCCN)C(=O)Nc3ccc(C(c4ccc(NC(=O)[C@H](CCCCN)NC(=O)Cc5c(C)[nH]c6ccc(C)cc56)cc4)c4ccc(NC(=O)[C@H](CCCCN)NC(=O)Cc5c(C)[nH]c6ccc(C)cc56)cc4)cc3)c2c1. The molecule has 3 heterocycles. The molecule has 0 unspecified atom stereocenters. The van der Waals surface area contributed by atoms with E-state index in [-0.39, 0.29) is 60.6 Å². The van der Waals surface area contributed by atoms with Gasteiger partial charge in [0.25, 0.3) is 0 Å². The van der Waals surface area contributed by atoms with Crippen LogP contribution in [0, 0.1) is 41.5 Å². The first-order chi connectivity index (χ1) is 43.9. The molecule has 15 N–H and O–H groups in total. The molecule has 6 amide bonds. The molecule has 6 aromatic carbocycles. The quantitative estimate of drug-likeness (QED) is 0.0150. The molecule has 0 aliphatic carbocycles. The summed E-state index contributed by atoms with van der Waals surface area (Å²) < 4.78 is 0. The zero-order valence-corrected chi connectivity index (χ0v) is 53.2. The van der Waals surface area contributed by atoms with Gasteiger partial charge in [0.1, 0.15) is 18.1 Å². The Bertz CT molecular complexity index is 3620. The number of H-pyrrole nitrogens is 3. The Morgan fingerprint density at radius 1 is 0.363 bits per heavy atom. The summed E-state index contributed by atoms with van der Waals surface area (Å²) in [6.07, 6.45) is 5.52. The number of aromatic nitrogens is 3. The van der Waals surface area contributed by atoms with Crippen LogP contribution >= 0.6 is 0 Å². The summed E-state index contributed by atoms with van der Waals surface area (Å²) >= 11 is 0. The Morgan fingerprint density at radius 3 is 0.879 bits per heavy atom.